The smallest absolute Gasteiger partial charge is 0.313 e. The zero-order valence-corrected chi connectivity index (χ0v) is 13.7. The molecule has 4 rings (SSSR count). The highest BCUT2D eigenvalue weighted by molar-refractivity contribution is 6.13. The summed E-state index contributed by atoms with van der Waals surface area (Å²) in [4.78, 5) is 29.7. The van der Waals surface area contributed by atoms with Crippen LogP contribution in [-0.4, -0.2) is 17.5 Å². The molecule has 1 aromatic carbocycles. The van der Waals surface area contributed by atoms with E-state index in [-0.39, 0.29) is 17.6 Å². The maximum absolute atomic E-state index is 12.3. The first-order chi connectivity index (χ1) is 11.5. The quantitative estimate of drug-likeness (QED) is 0.476. The van der Waals surface area contributed by atoms with Crippen LogP contribution in [-0.2, 0) is 9.63 Å². The van der Waals surface area contributed by atoms with E-state index in [0.29, 0.717) is 17.4 Å². The van der Waals surface area contributed by atoms with Gasteiger partial charge in [0.25, 0.3) is 0 Å². The maximum atomic E-state index is 12.3. The number of benzene rings is 1. The summed E-state index contributed by atoms with van der Waals surface area (Å²) in [6, 6.07) is 7.19. The summed E-state index contributed by atoms with van der Waals surface area (Å²) in [5.74, 6) is 0.337. The number of oxime groups is 1. The summed E-state index contributed by atoms with van der Waals surface area (Å²) >= 11 is 0. The summed E-state index contributed by atoms with van der Waals surface area (Å²) in [7, 11) is 0. The van der Waals surface area contributed by atoms with Crippen molar-refractivity contribution in [1.82, 2.24) is 0 Å². The fourth-order valence-electron chi connectivity index (χ4n) is 4.20. The molecular formula is C20H19NO3. The van der Waals surface area contributed by atoms with Crippen LogP contribution in [0, 0.1) is 30.6 Å². The van der Waals surface area contributed by atoms with Gasteiger partial charge in [0.2, 0.25) is 0 Å². The SMILES string of the molecule is CC1=CC(=O)C2C3C=CC(C3)C2/C1=N/OC(=O)c1ccc(C)cc1. The van der Waals surface area contributed by atoms with Crippen LogP contribution in [0.15, 0.2) is 53.2 Å². The first-order valence-corrected chi connectivity index (χ1v) is 8.31. The van der Waals surface area contributed by atoms with Gasteiger partial charge >= 0.3 is 5.97 Å². The topological polar surface area (TPSA) is 55.7 Å². The first-order valence-electron chi connectivity index (χ1n) is 8.31. The van der Waals surface area contributed by atoms with Gasteiger partial charge in [-0.2, -0.15) is 0 Å². The Hall–Kier alpha value is -2.49. The van der Waals surface area contributed by atoms with Crippen LogP contribution in [0.5, 0.6) is 0 Å². The average molecular weight is 321 g/mol. The molecule has 4 unspecified atom stereocenters. The second kappa shape index (κ2) is 5.55. The lowest BCUT2D eigenvalue weighted by molar-refractivity contribution is -0.119. The Morgan fingerprint density at radius 1 is 1.08 bits per heavy atom. The average Bonchev–Trinajstić information content (AvgIpc) is 3.16. The molecule has 4 heteroatoms. The van der Waals surface area contributed by atoms with Crippen molar-refractivity contribution in [2.24, 2.45) is 28.8 Å². The van der Waals surface area contributed by atoms with Crippen molar-refractivity contribution < 1.29 is 14.4 Å². The number of hydrogen-bond acceptors (Lipinski definition) is 4. The van der Waals surface area contributed by atoms with Crippen molar-refractivity contribution in [2.75, 3.05) is 0 Å². The fourth-order valence-corrected chi connectivity index (χ4v) is 4.20. The lowest BCUT2D eigenvalue weighted by atomic mass is 9.72. The fraction of sp³-hybridized carbons (Fsp3) is 0.350. The highest BCUT2D eigenvalue weighted by Crippen LogP contribution is 2.51. The minimum atomic E-state index is -0.470. The molecule has 24 heavy (non-hydrogen) atoms. The number of rotatable bonds is 2. The molecule has 3 aliphatic rings. The Kier molecular flexibility index (Phi) is 3.48. The van der Waals surface area contributed by atoms with E-state index in [4.69, 9.17) is 4.84 Å². The van der Waals surface area contributed by atoms with Crippen LogP contribution in [0.4, 0.5) is 0 Å². The molecule has 0 N–H and O–H groups in total. The van der Waals surface area contributed by atoms with Gasteiger partial charge in [-0.05, 0) is 55.9 Å². The van der Waals surface area contributed by atoms with Gasteiger partial charge < -0.3 is 4.84 Å². The zero-order chi connectivity index (χ0) is 16.8. The molecule has 0 spiro atoms. The predicted molar refractivity (Wildman–Crippen MR) is 90.5 cm³/mol. The lowest BCUT2D eigenvalue weighted by Gasteiger charge is -2.30. The predicted octanol–water partition coefficient (Wildman–Crippen LogP) is 3.48. The van der Waals surface area contributed by atoms with Crippen molar-refractivity contribution in [2.45, 2.75) is 20.3 Å². The Labute approximate surface area is 140 Å². The van der Waals surface area contributed by atoms with E-state index in [9.17, 15) is 9.59 Å². The van der Waals surface area contributed by atoms with Crippen molar-refractivity contribution in [3.05, 3.63) is 59.2 Å². The molecule has 2 bridgehead atoms. The summed E-state index contributed by atoms with van der Waals surface area (Å²) in [6.45, 7) is 3.83. The number of carbonyl (C=O) groups excluding carboxylic acids is 2. The first kappa shape index (κ1) is 15.1. The Balaban J connectivity index is 1.60. The lowest BCUT2D eigenvalue weighted by Crippen LogP contribution is -2.37. The van der Waals surface area contributed by atoms with Crippen LogP contribution in [0.1, 0.15) is 29.3 Å². The molecule has 1 fully saturated rings. The molecule has 0 saturated heterocycles. The van der Waals surface area contributed by atoms with E-state index >= 15 is 0 Å². The summed E-state index contributed by atoms with van der Waals surface area (Å²) in [5.41, 5.74) is 3.11. The van der Waals surface area contributed by atoms with Crippen LogP contribution < -0.4 is 0 Å². The van der Waals surface area contributed by atoms with Gasteiger partial charge in [-0.15, -0.1) is 0 Å². The molecule has 0 heterocycles. The number of allylic oxidation sites excluding steroid dienone is 4. The number of aryl methyl sites for hydroxylation is 1. The minimum Gasteiger partial charge on any atom is -0.313 e. The van der Waals surface area contributed by atoms with Crippen molar-refractivity contribution >= 4 is 17.5 Å². The van der Waals surface area contributed by atoms with Crippen LogP contribution in [0.3, 0.4) is 0 Å². The monoisotopic (exact) mass is 321 g/mol. The highest BCUT2D eigenvalue weighted by atomic mass is 16.7. The summed E-state index contributed by atoms with van der Waals surface area (Å²) in [5, 5.41) is 4.17. The minimum absolute atomic E-state index is 0.0412. The third kappa shape index (κ3) is 2.33. The summed E-state index contributed by atoms with van der Waals surface area (Å²) < 4.78 is 0. The van der Waals surface area contributed by atoms with Gasteiger partial charge in [-0.1, -0.05) is 35.0 Å². The van der Waals surface area contributed by atoms with E-state index in [1.54, 1.807) is 18.2 Å². The van der Waals surface area contributed by atoms with E-state index in [2.05, 4.69) is 17.3 Å². The third-order valence-corrected chi connectivity index (χ3v) is 5.38. The van der Waals surface area contributed by atoms with Gasteiger partial charge in [-0.3, -0.25) is 4.79 Å². The number of fused-ring (bicyclic) bond motifs is 5. The van der Waals surface area contributed by atoms with Gasteiger partial charge in [0.15, 0.2) is 5.78 Å². The van der Waals surface area contributed by atoms with E-state index in [1.807, 2.05) is 26.0 Å². The number of nitrogens with zero attached hydrogens (tertiary/aromatic N) is 1. The Morgan fingerprint density at radius 2 is 1.75 bits per heavy atom. The number of hydrogen-bond donors (Lipinski definition) is 0. The second-order valence-electron chi connectivity index (χ2n) is 6.95. The molecule has 122 valence electrons. The highest BCUT2D eigenvalue weighted by Gasteiger charge is 2.51. The van der Waals surface area contributed by atoms with E-state index < -0.39 is 5.97 Å². The Bertz CT molecular complexity index is 801. The third-order valence-electron chi connectivity index (χ3n) is 5.38. The molecule has 0 aromatic heterocycles. The van der Waals surface area contributed by atoms with E-state index in [0.717, 1.165) is 23.3 Å². The molecule has 4 nitrogen and oxygen atoms in total. The van der Waals surface area contributed by atoms with Crippen molar-refractivity contribution in [3.63, 3.8) is 0 Å². The molecule has 0 aliphatic heterocycles. The molecular weight excluding hydrogens is 302 g/mol. The Morgan fingerprint density at radius 3 is 2.46 bits per heavy atom. The molecule has 1 saturated carbocycles. The molecule has 4 atom stereocenters. The standard InChI is InChI=1S/C20H19NO3/c1-11-3-5-13(6-4-11)20(23)24-21-19-12(2)9-16(22)17-14-7-8-15(10-14)18(17)19/h3-9,14-15,17-18H,10H2,1-2H3/b21-19+. The molecule has 0 radical (unpaired) electrons. The zero-order valence-electron chi connectivity index (χ0n) is 13.7. The number of ketones is 1. The number of carbonyl (C=O) groups is 2. The maximum Gasteiger partial charge on any atom is 0.365 e. The van der Waals surface area contributed by atoms with Crippen molar-refractivity contribution in [3.8, 4) is 0 Å². The molecule has 1 aromatic rings. The van der Waals surface area contributed by atoms with Gasteiger partial charge in [0, 0.05) is 11.8 Å². The van der Waals surface area contributed by atoms with Crippen LogP contribution in [0.2, 0.25) is 0 Å². The van der Waals surface area contributed by atoms with Gasteiger partial charge in [-0.25, -0.2) is 4.79 Å². The summed E-state index contributed by atoms with van der Waals surface area (Å²) in [6.07, 6.45) is 6.96. The second-order valence-corrected chi connectivity index (χ2v) is 6.95. The molecule has 3 aliphatic carbocycles. The van der Waals surface area contributed by atoms with Crippen molar-refractivity contribution in [1.29, 1.82) is 0 Å². The van der Waals surface area contributed by atoms with Crippen LogP contribution in [0.25, 0.3) is 0 Å². The normalized spacial score (nSPS) is 32.0. The molecule has 0 amide bonds. The largest absolute Gasteiger partial charge is 0.365 e. The van der Waals surface area contributed by atoms with Gasteiger partial charge in [0.1, 0.15) is 0 Å². The van der Waals surface area contributed by atoms with E-state index in [1.165, 1.54) is 0 Å². The van der Waals surface area contributed by atoms with Gasteiger partial charge in [0.05, 0.1) is 11.3 Å². The van der Waals surface area contributed by atoms with Crippen LogP contribution >= 0.6 is 0 Å².